The molecule has 2 N–H and O–H groups in total. The average molecular weight is 564 g/mol. The van der Waals surface area contributed by atoms with Gasteiger partial charge < -0.3 is 24.4 Å². The zero-order valence-electron chi connectivity index (χ0n) is 21.9. The SMILES string of the molecule is C=C(C)C(=O)OOC(=O)CCC(=O)OCC(OC(=O)c1ccc(C(=O)O)c(C(=O)O)c1)C(CC)OC(=O)C=CC. The minimum absolute atomic E-state index is 0.0228. The van der Waals surface area contributed by atoms with E-state index in [0.29, 0.717) is 0 Å². The average Bonchev–Trinajstić information content (AvgIpc) is 2.90. The molecule has 0 aliphatic carbocycles. The fraction of sp³-hybridized carbons (Fsp3) is 0.346. The molecule has 0 aliphatic heterocycles. The van der Waals surface area contributed by atoms with E-state index < -0.39 is 84.6 Å². The fourth-order valence-electron chi connectivity index (χ4n) is 2.85. The highest BCUT2D eigenvalue weighted by Gasteiger charge is 2.30. The van der Waals surface area contributed by atoms with Crippen LogP contribution in [0, 0.1) is 0 Å². The van der Waals surface area contributed by atoms with Gasteiger partial charge in [0, 0.05) is 11.6 Å². The molecule has 2 unspecified atom stereocenters. The Kier molecular flexibility index (Phi) is 13.3. The van der Waals surface area contributed by atoms with E-state index in [4.69, 9.17) is 19.3 Å². The number of carboxylic acids is 2. The number of esters is 3. The van der Waals surface area contributed by atoms with Crippen LogP contribution in [-0.2, 0) is 43.2 Å². The van der Waals surface area contributed by atoms with Crippen molar-refractivity contribution in [3.05, 3.63) is 59.2 Å². The van der Waals surface area contributed by atoms with Gasteiger partial charge in [0.05, 0.1) is 29.5 Å². The maximum atomic E-state index is 12.8. The number of benzene rings is 1. The van der Waals surface area contributed by atoms with Gasteiger partial charge in [-0.15, -0.1) is 0 Å². The van der Waals surface area contributed by atoms with Crippen LogP contribution in [0.15, 0.2) is 42.5 Å². The van der Waals surface area contributed by atoms with Crippen LogP contribution in [0.1, 0.15) is 71.1 Å². The number of carbonyl (C=O) groups excluding carboxylic acids is 5. The van der Waals surface area contributed by atoms with Crippen molar-refractivity contribution in [3.63, 3.8) is 0 Å². The second-order valence-electron chi connectivity index (χ2n) is 7.99. The van der Waals surface area contributed by atoms with Crippen molar-refractivity contribution in [3.8, 4) is 0 Å². The predicted octanol–water partition coefficient (Wildman–Crippen LogP) is 2.41. The molecular weight excluding hydrogens is 536 g/mol. The van der Waals surface area contributed by atoms with Gasteiger partial charge in [-0.2, -0.15) is 0 Å². The van der Waals surface area contributed by atoms with Crippen LogP contribution in [0.2, 0.25) is 0 Å². The molecule has 1 aromatic rings. The van der Waals surface area contributed by atoms with Crippen LogP contribution >= 0.6 is 0 Å². The highest BCUT2D eigenvalue weighted by molar-refractivity contribution is 6.04. The van der Waals surface area contributed by atoms with Gasteiger partial charge in [0.15, 0.2) is 6.10 Å². The Hall–Kier alpha value is -5.01. The molecule has 0 amide bonds. The molecule has 0 aromatic heterocycles. The van der Waals surface area contributed by atoms with Gasteiger partial charge in [0.25, 0.3) is 0 Å². The molecule has 0 spiro atoms. The third kappa shape index (κ3) is 10.8. The molecule has 40 heavy (non-hydrogen) atoms. The minimum Gasteiger partial charge on any atom is -0.478 e. The molecule has 0 saturated heterocycles. The van der Waals surface area contributed by atoms with Crippen LogP contribution in [0.4, 0.5) is 0 Å². The van der Waals surface area contributed by atoms with Gasteiger partial charge in [-0.05, 0) is 38.5 Å². The Balaban J connectivity index is 3.00. The van der Waals surface area contributed by atoms with Crippen molar-refractivity contribution >= 4 is 41.8 Å². The van der Waals surface area contributed by atoms with Crippen LogP contribution in [0.3, 0.4) is 0 Å². The Morgan fingerprint density at radius 1 is 0.900 bits per heavy atom. The summed E-state index contributed by atoms with van der Waals surface area (Å²) in [5.41, 5.74) is -1.59. The van der Waals surface area contributed by atoms with E-state index in [-0.39, 0.29) is 17.6 Å². The van der Waals surface area contributed by atoms with E-state index in [2.05, 4.69) is 16.4 Å². The maximum Gasteiger partial charge on any atom is 0.381 e. The topological polar surface area (TPSA) is 206 Å². The third-order valence-corrected chi connectivity index (χ3v) is 4.86. The molecule has 14 heteroatoms. The second-order valence-corrected chi connectivity index (χ2v) is 7.99. The van der Waals surface area contributed by atoms with Gasteiger partial charge >= 0.3 is 41.8 Å². The van der Waals surface area contributed by atoms with E-state index in [9.17, 15) is 38.7 Å². The van der Waals surface area contributed by atoms with Crippen molar-refractivity contribution in [2.75, 3.05) is 6.61 Å². The number of carbonyl (C=O) groups is 7. The Bertz CT molecular complexity index is 1200. The standard InChI is InChI=1S/C26H28O14/c1-5-7-21(28)37-18(6-2)19(13-36-20(27)10-11-22(29)39-40-25(34)14(3)4)38-26(35)15-8-9-16(23(30)31)17(12-15)24(32)33/h5,7-9,12,18-19H,3,6,10-11,13H2,1-2,4H3,(H,30,31)(H,32,33). The summed E-state index contributed by atoms with van der Waals surface area (Å²) in [4.78, 5) is 91.0. The van der Waals surface area contributed by atoms with Crippen molar-refractivity contribution in [1.29, 1.82) is 0 Å². The van der Waals surface area contributed by atoms with Crippen molar-refractivity contribution < 1.29 is 67.8 Å². The molecule has 0 heterocycles. The van der Waals surface area contributed by atoms with Gasteiger partial charge in [-0.1, -0.05) is 19.6 Å². The minimum atomic E-state index is -1.60. The summed E-state index contributed by atoms with van der Waals surface area (Å²) in [7, 11) is 0. The summed E-state index contributed by atoms with van der Waals surface area (Å²) < 4.78 is 15.7. The number of carboxylic acid groups (broad SMARTS) is 2. The van der Waals surface area contributed by atoms with E-state index in [1.165, 1.54) is 13.0 Å². The van der Waals surface area contributed by atoms with Gasteiger partial charge in [-0.25, -0.2) is 38.5 Å². The third-order valence-electron chi connectivity index (χ3n) is 4.86. The lowest BCUT2D eigenvalue weighted by Crippen LogP contribution is -2.39. The summed E-state index contributed by atoms with van der Waals surface area (Å²) in [6.07, 6.45) is -0.955. The van der Waals surface area contributed by atoms with Crippen LogP contribution in [0.25, 0.3) is 0 Å². The first-order chi connectivity index (χ1) is 18.8. The molecule has 0 aliphatic rings. The molecule has 0 radical (unpaired) electrons. The van der Waals surface area contributed by atoms with Crippen LogP contribution < -0.4 is 0 Å². The van der Waals surface area contributed by atoms with E-state index in [1.54, 1.807) is 13.8 Å². The van der Waals surface area contributed by atoms with Gasteiger partial charge in [0.2, 0.25) is 0 Å². The Morgan fingerprint density at radius 2 is 1.52 bits per heavy atom. The lowest BCUT2D eigenvalue weighted by molar-refractivity contribution is -0.255. The van der Waals surface area contributed by atoms with E-state index >= 15 is 0 Å². The van der Waals surface area contributed by atoms with E-state index in [0.717, 1.165) is 24.3 Å². The van der Waals surface area contributed by atoms with Crippen molar-refractivity contribution in [1.82, 2.24) is 0 Å². The summed E-state index contributed by atoms with van der Waals surface area (Å²) in [6.45, 7) is 7.14. The quantitative estimate of drug-likeness (QED) is 0.109. The predicted molar refractivity (Wildman–Crippen MR) is 132 cm³/mol. The highest BCUT2D eigenvalue weighted by atomic mass is 17.2. The first kappa shape index (κ1) is 33.0. The van der Waals surface area contributed by atoms with Crippen LogP contribution in [-0.4, -0.2) is 70.8 Å². The highest BCUT2D eigenvalue weighted by Crippen LogP contribution is 2.17. The molecule has 1 rings (SSSR count). The molecule has 0 fully saturated rings. The van der Waals surface area contributed by atoms with Crippen molar-refractivity contribution in [2.45, 2.75) is 52.2 Å². The normalized spacial score (nSPS) is 12.0. The summed E-state index contributed by atoms with van der Waals surface area (Å²) in [5, 5.41) is 18.5. The maximum absolute atomic E-state index is 12.8. The lowest BCUT2D eigenvalue weighted by atomic mass is 10.0. The number of allylic oxidation sites excluding steroid dienone is 1. The fourth-order valence-corrected chi connectivity index (χ4v) is 2.85. The number of ether oxygens (including phenoxy) is 3. The molecule has 14 nitrogen and oxygen atoms in total. The van der Waals surface area contributed by atoms with E-state index in [1.807, 2.05) is 0 Å². The molecule has 1 aromatic carbocycles. The van der Waals surface area contributed by atoms with Crippen LogP contribution in [0.5, 0.6) is 0 Å². The lowest BCUT2D eigenvalue weighted by Gasteiger charge is -2.25. The molecule has 216 valence electrons. The number of hydrogen-bond acceptors (Lipinski definition) is 12. The zero-order valence-corrected chi connectivity index (χ0v) is 21.9. The Morgan fingerprint density at radius 3 is 2.08 bits per heavy atom. The molecule has 0 bridgehead atoms. The van der Waals surface area contributed by atoms with Crippen molar-refractivity contribution in [2.24, 2.45) is 0 Å². The first-order valence-electron chi connectivity index (χ1n) is 11.7. The molecule has 0 saturated carbocycles. The Labute approximate surface area is 228 Å². The number of rotatable bonds is 14. The number of aromatic carboxylic acids is 2. The summed E-state index contributed by atoms with van der Waals surface area (Å²) in [6, 6.07) is 2.74. The van der Waals surface area contributed by atoms with Gasteiger partial charge in [-0.3, -0.25) is 4.79 Å². The monoisotopic (exact) mass is 564 g/mol. The second kappa shape index (κ2) is 16.1. The smallest absolute Gasteiger partial charge is 0.381 e. The van der Waals surface area contributed by atoms with Gasteiger partial charge in [0.1, 0.15) is 12.7 Å². The largest absolute Gasteiger partial charge is 0.478 e. The number of hydrogen-bond donors (Lipinski definition) is 2. The molecular formula is C26H28O14. The summed E-state index contributed by atoms with van der Waals surface area (Å²) >= 11 is 0. The summed E-state index contributed by atoms with van der Waals surface area (Å²) in [5.74, 6) is -8.01. The zero-order chi connectivity index (χ0) is 30.4. The first-order valence-corrected chi connectivity index (χ1v) is 11.7. The molecule has 2 atom stereocenters.